The summed E-state index contributed by atoms with van der Waals surface area (Å²) in [5, 5.41) is 12.1. The van der Waals surface area contributed by atoms with Gasteiger partial charge in [-0.05, 0) is 52.6 Å². The van der Waals surface area contributed by atoms with Crippen molar-refractivity contribution in [1.82, 2.24) is 35.1 Å². The van der Waals surface area contributed by atoms with Crippen LogP contribution < -0.4 is 10.1 Å². The average molecular weight is 636 g/mol. The van der Waals surface area contributed by atoms with Gasteiger partial charge < -0.3 is 19.5 Å². The molecule has 4 heterocycles. The number of benzene rings is 2. The van der Waals surface area contributed by atoms with Crippen molar-refractivity contribution in [3.05, 3.63) is 108 Å². The minimum absolute atomic E-state index is 0.0683. The number of carbonyl (C=O) groups is 2. The molecular weight excluding hydrogens is 601 g/mol. The molecule has 0 atom stereocenters. The lowest BCUT2D eigenvalue weighted by atomic mass is 9.97. The monoisotopic (exact) mass is 635 g/mol. The molecule has 0 spiro atoms. The topological polar surface area (TPSA) is 128 Å². The largest absolute Gasteiger partial charge is 0.497 e. The van der Waals surface area contributed by atoms with Gasteiger partial charge in [-0.2, -0.15) is 10.1 Å². The first kappa shape index (κ1) is 31.3. The zero-order valence-corrected chi connectivity index (χ0v) is 26.6. The summed E-state index contributed by atoms with van der Waals surface area (Å²) >= 11 is 0. The predicted molar refractivity (Wildman–Crippen MR) is 174 cm³/mol. The van der Waals surface area contributed by atoms with Gasteiger partial charge in [0.05, 0.1) is 24.7 Å². The number of methoxy groups -OCH3 is 1. The second-order valence-electron chi connectivity index (χ2n) is 12.2. The maximum Gasteiger partial charge on any atom is 0.292 e. The van der Waals surface area contributed by atoms with Crippen molar-refractivity contribution in [3.8, 4) is 16.9 Å². The van der Waals surface area contributed by atoms with Gasteiger partial charge in [0.1, 0.15) is 11.6 Å². The third-order valence-corrected chi connectivity index (χ3v) is 7.91. The van der Waals surface area contributed by atoms with Gasteiger partial charge in [-0.3, -0.25) is 9.59 Å². The maximum absolute atomic E-state index is 15.6. The molecule has 0 saturated heterocycles. The molecule has 240 valence electrons. The SMILES string of the molecule is C=CC(=O)N1CC=C(c2nn(Cc3ccc(OC)cc3)c3nccc(-c4ccc(CNC(=O)c5noc(C(C)(C)C)n5)c(F)c4)c23)C1. The number of fused-ring (bicyclic) bond motifs is 1. The second kappa shape index (κ2) is 12.6. The van der Waals surface area contributed by atoms with Crippen molar-refractivity contribution in [2.45, 2.75) is 39.3 Å². The zero-order valence-electron chi connectivity index (χ0n) is 26.6. The fraction of sp³-hybridized carbons (Fsp3) is 0.257. The predicted octanol–water partition coefficient (Wildman–Crippen LogP) is 5.32. The number of halogens is 1. The lowest BCUT2D eigenvalue weighted by Gasteiger charge is -2.13. The van der Waals surface area contributed by atoms with Crippen molar-refractivity contribution in [1.29, 1.82) is 0 Å². The van der Waals surface area contributed by atoms with Crippen molar-refractivity contribution in [3.63, 3.8) is 0 Å². The molecule has 3 aromatic heterocycles. The molecule has 1 aliphatic rings. The molecule has 2 aromatic carbocycles. The Labute approximate surface area is 270 Å². The van der Waals surface area contributed by atoms with Crippen LogP contribution in [0.2, 0.25) is 0 Å². The second-order valence-corrected chi connectivity index (χ2v) is 12.2. The van der Waals surface area contributed by atoms with Gasteiger partial charge in [0, 0.05) is 36.8 Å². The normalized spacial score (nSPS) is 13.1. The highest BCUT2D eigenvalue weighted by atomic mass is 19.1. The Morgan fingerprint density at radius 2 is 1.94 bits per heavy atom. The molecule has 5 aromatic rings. The highest BCUT2D eigenvalue weighted by Gasteiger charge is 2.26. The quantitative estimate of drug-likeness (QED) is 0.216. The summed E-state index contributed by atoms with van der Waals surface area (Å²) in [6.07, 6.45) is 4.94. The smallest absolute Gasteiger partial charge is 0.292 e. The van der Waals surface area contributed by atoms with Crippen molar-refractivity contribution >= 4 is 28.4 Å². The van der Waals surface area contributed by atoms with E-state index < -0.39 is 17.1 Å². The van der Waals surface area contributed by atoms with Gasteiger partial charge in [0.15, 0.2) is 5.65 Å². The van der Waals surface area contributed by atoms with Gasteiger partial charge in [-0.15, -0.1) is 0 Å². The molecule has 2 amide bonds. The van der Waals surface area contributed by atoms with Crippen LogP contribution in [0.5, 0.6) is 5.75 Å². The average Bonchev–Trinajstić information content (AvgIpc) is 3.83. The van der Waals surface area contributed by atoms with E-state index in [0.29, 0.717) is 48.0 Å². The number of aromatic nitrogens is 5. The molecule has 0 unspecified atom stereocenters. The molecule has 12 heteroatoms. The standard InChI is InChI=1S/C35H34FN7O4/c1-6-28(44)42-16-14-24(20-42)30-29-26(13-15-37-32(29)43(40-30)19-21-7-11-25(46-5)12-8-21)22-9-10-23(27(36)17-22)18-38-33(45)31-39-34(47-41-31)35(2,3)4/h6-15,17H,1,16,18-20H2,2-5H3,(H,38,45). The molecular formula is C35H34FN7O4. The van der Waals surface area contributed by atoms with E-state index in [9.17, 15) is 9.59 Å². The number of pyridine rings is 1. The molecule has 6 rings (SSSR count). The van der Waals surface area contributed by atoms with Crippen LogP contribution in [-0.2, 0) is 23.3 Å². The Morgan fingerprint density at radius 3 is 2.62 bits per heavy atom. The van der Waals surface area contributed by atoms with Crippen molar-refractivity contribution in [2.75, 3.05) is 20.2 Å². The third-order valence-electron chi connectivity index (χ3n) is 7.91. The van der Waals surface area contributed by atoms with Crippen molar-refractivity contribution < 1.29 is 23.2 Å². The van der Waals surface area contributed by atoms with Gasteiger partial charge in [0.25, 0.3) is 11.7 Å². The van der Waals surface area contributed by atoms with Crippen LogP contribution in [0, 0.1) is 5.82 Å². The number of hydrogen-bond acceptors (Lipinski definition) is 8. The number of nitrogens with one attached hydrogen (secondary N) is 1. The number of nitrogens with zero attached hydrogens (tertiary/aromatic N) is 6. The van der Waals surface area contributed by atoms with E-state index in [1.807, 2.05) is 61.9 Å². The number of rotatable bonds is 9. The molecule has 1 aliphatic heterocycles. The number of hydrogen-bond donors (Lipinski definition) is 1. The Bertz CT molecular complexity index is 2020. The van der Waals surface area contributed by atoms with Crippen molar-refractivity contribution in [2.24, 2.45) is 0 Å². The molecule has 11 nitrogen and oxygen atoms in total. The number of amides is 2. The maximum atomic E-state index is 15.6. The fourth-order valence-corrected chi connectivity index (χ4v) is 5.33. The Morgan fingerprint density at radius 1 is 1.15 bits per heavy atom. The first-order valence-corrected chi connectivity index (χ1v) is 15.1. The number of ether oxygens (including phenoxy) is 1. The van der Waals surface area contributed by atoms with E-state index in [4.69, 9.17) is 14.4 Å². The van der Waals surface area contributed by atoms with Gasteiger partial charge in [0.2, 0.25) is 11.8 Å². The highest BCUT2D eigenvalue weighted by molar-refractivity contribution is 6.01. The van der Waals surface area contributed by atoms with E-state index in [1.165, 1.54) is 12.1 Å². The van der Waals surface area contributed by atoms with Crippen LogP contribution >= 0.6 is 0 Å². The van der Waals surface area contributed by atoms with E-state index >= 15 is 4.39 Å². The van der Waals surface area contributed by atoms with Crippen LogP contribution in [0.25, 0.3) is 27.7 Å². The minimum atomic E-state index is -0.564. The summed E-state index contributed by atoms with van der Waals surface area (Å²) in [6, 6.07) is 14.4. The zero-order chi connectivity index (χ0) is 33.3. The van der Waals surface area contributed by atoms with E-state index in [0.717, 1.165) is 27.8 Å². The molecule has 0 fully saturated rings. The molecule has 0 aliphatic carbocycles. The summed E-state index contributed by atoms with van der Waals surface area (Å²) in [6.45, 7) is 10.5. The Hall–Kier alpha value is -5.65. The first-order chi connectivity index (χ1) is 22.5. The van der Waals surface area contributed by atoms with Crippen LogP contribution in [-0.4, -0.2) is 61.8 Å². The molecule has 1 N–H and O–H groups in total. The van der Waals surface area contributed by atoms with Crippen LogP contribution in [0.15, 0.2) is 78.0 Å². The fourth-order valence-electron chi connectivity index (χ4n) is 5.33. The van der Waals surface area contributed by atoms with Crippen LogP contribution in [0.4, 0.5) is 4.39 Å². The molecule has 0 bridgehead atoms. The van der Waals surface area contributed by atoms with Crippen LogP contribution in [0.1, 0.15) is 54.1 Å². The van der Waals surface area contributed by atoms with Gasteiger partial charge in [-0.1, -0.05) is 62.8 Å². The minimum Gasteiger partial charge on any atom is -0.497 e. The Balaban J connectivity index is 1.32. The number of carbonyl (C=O) groups excluding carboxylic acids is 2. The molecule has 0 saturated carbocycles. The third kappa shape index (κ3) is 6.39. The molecule has 47 heavy (non-hydrogen) atoms. The summed E-state index contributed by atoms with van der Waals surface area (Å²) in [7, 11) is 1.62. The lowest BCUT2D eigenvalue weighted by Crippen LogP contribution is -2.26. The Kier molecular flexibility index (Phi) is 8.42. The summed E-state index contributed by atoms with van der Waals surface area (Å²) in [4.78, 5) is 35.5. The summed E-state index contributed by atoms with van der Waals surface area (Å²) in [5.74, 6) is -0.257. The van der Waals surface area contributed by atoms with Gasteiger partial charge in [-0.25, -0.2) is 14.1 Å². The highest BCUT2D eigenvalue weighted by Crippen LogP contribution is 2.36. The summed E-state index contributed by atoms with van der Waals surface area (Å²) in [5.41, 5.74) is 4.37. The first-order valence-electron chi connectivity index (χ1n) is 15.1. The summed E-state index contributed by atoms with van der Waals surface area (Å²) < 4.78 is 27.9. The van der Waals surface area contributed by atoms with E-state index in [-0.39, 0.29) is 18.3 Å². The van der Waals surface area contributed by atoms with E-state index in [2.05, 4.69) is 27.0 Å². The van der Waals surface area contributed by atoms with Gasteiger partial charge >= 0.3 is 0 Å². The lowest BCUT2D eigenvalue weighted by molar-refractivity contribution is -0.124. The van der Waals surface area contributed by atoms with Crippen LogP contribution in [0.3, 0.4) is 0 Å². The van der Waals surface area contributed by atoms with E-state index in [1.54, 1.807) is 30.3 Å². The molecule has 0 radical (unpaired) electrons.